The molecule has 0 aliphatic heterocycles. The first kappa shape index (κ1) is 21.7. The molecule has 1 heterocycles. The SMILES string of the molecule is COc1ccccc1C(=O)NC(C)c1nc2ccccc2n1CCOc1ccccc1Cl. The maximum absolute atomic E-state index is 12.9. The number of benzene rings is 3. The van der Waals surface area contributed by atoms with Gasteiger partial charge < -0.3 is 19.4 Å². The quantitative estimate of drug-likeness (QED) is 0.398. The van der Waals surface area contributed by atoms with Crippen molar-refractivity contribution in [2.45, 2.75) is 19.5 Å². The molecule has 0 aliphatic carbocycles. The number of carbonyl (C=O) groups is 1. The van der Waals surface area contributed by atoms with E-state index in [0.717, 1.165) is 16.9 Å². The van der Waals surface area contributed by atoms with Crippen LogP contribution in [0.3, 0.4) is 0 Å². The number of hydrogen-bond acceptors (Lipinski definition) is 4. The molecular weight excluding hydrogens is 426 g/mol. The molecule has 0 spiro atoms. The van der Waals surface area contributed by atoms with Gasteiger partial charge in [-0.25, -0.2) is 4.98 Å². The smallest absolute Gasteiger partial charge is 0.255 e. The lowest BCUT2D eigenvalue weighted by Crippen LogP contribution is -2.29. The molecule has 164 valence electrons. The number of imidazole rings is 1. The minimum atomic E-state index is -0.333. The van der Waals surface area contributed by atoms with Crippen LogP contribution in [0.5, 0.6) is 11.5 Å². The number of nitrogens with zero attached hydrogens (tertiary/aromatic N) is 2. The number of para-hydroxylation sites is 4. The minimum absolute atomic E-state index is 0.221. The van der Waals surface area contributed by atoms with E-state index in [0.29, 0.717) is 35.2 Å². The van der Waals surface area contributed by atoms with E-state index in [2.05, 4.69) is 9.88 Å². The van der Waals surface area contributed by atoms with E-state index >= 15 is 0 Å². The Morgan fingerprint density at radius 1 is 1.03 bits per heavy atom. The Morgan fingerprint density at radius 3 is 2.50 bits per heavy atom. The Morgan fingerprint density at radius 2 is 1.72 bits per heavy atom. The second kappa shape index (κ2) is 9.75. The van der Waals surface area contributed by atoms with Crippen LogP contribution in [-0.4, -0.2) is 29.2 Å². The number of rotatable bonds is 8. The highest BCUT2D eigenvalue weighted by atomic mass is 35.5. The summed E-state index contributed by atoms with van der Waals surface area (Å²) < 4.78 is 13.3. The molecule has 32 heavy (non-hydrogen) atoms. The molecule has 1 aromatic heterocycles. The zero-order chi connectivity index (χ0) is 22.5. The van der Waals surface area contributed by atoms with Crippen molar-refractivity contribution in [3.63, 3.8) is 0 Å². The minimum Gasteiger partial charge on any atom is -0.496 e. The molecule has 6 nitrogen and oxygen atoms in total. The van der Waals surface area contributed by atoms with Gasteiger partial charge in [0.1, 0.15) is 23.9 Å². The molecule has 7 heteroatoms. The van der Waals surface area contributed by atoms with Crippen LogP contribution in [0.1, 0.15) is 29.1 Å². The molecule has 0 bridgehead atoms. The number of halogens is 1. The molecule has 0 saturated carbocycles. The number of nitrogens with one attached hydrogen (secondary N) is 1. The molecular formula is C25H24ClN3O3. The van der Waals surface area contributed by atoms with Gasteiger partial charge in [-0.2, -0.15) is 0 Å². The summed E-state index contributed by atoms with van der Waals surface area (Å²) in [4.78, 5) is 17.7. The Hall–Kier alpha value is -3.51. The predicted molar refractivity (Wildman–Crippen MR) is 126 cm³/mol. The highest BCUT2D eigenvalue weighted by Crippen LogP contribution is 2.25. The van der Waals surface area contributed by atoms with Crippen molar-refractivity contribution in [3.8, 4) is 11.5 Å². The molecule has 0 saturated heterocycles. The average Bonchev–Trinajstić information content (AvgIpc) is 3.19. The van der Waals surface area contributed by atoms with Gasteiger partial charge in [0.05, 0.1) is 41.3 Å². The van der Waals surface area contributed by atoms with Crippen LogP contribution in [0.4, 0.5) is 0 Å². The van der Waals surface area contributed by atoms with Gasteiger partial charge in [-0.05, 0) is 43.3 Å². The maximum Gasteiger partial charge on any atom is 0.255 e. The van der Waals surface area contributed by atoms with Gasteiger partial charge in [0.2, 0.25) is 0 Å². The summed E-state index contributed by atoms with van der Waals surface area (Å²) in [6.07, 6.45) is 0. The van der Waals surface area contributed by atoms with E-state index in [-0.39, 0.29) is 11.9 Å². The van der Waals surface area contributed by atoms with Crippen LogP contribution in [-0.2, 0) is 6.54 Å². The van der Waals surface area contributed by atoms with Gasteiger partial charge in [0.25, 0.3) is 5.91 Å². The summed E-state index contributed by atoms with van der Waals surface area (Å²) in [5.41, 5.74) is 2.31. The fourth-order valence-corrected chi connectivity index (χ4v) is 3.83. The highest BCUT2D eigenvalue weighted by Gasteiger charge is 2.20. The van der Waals surface area contributed by atoms with Crippen molar-refractivity contribution >= 4 is 28.5 Å². The van der Waals surface area contributed by atoms with E-state index in [1.54, 1.807) is 25.3 Å². The van der Waals surface area contributed by atoms with Crippen molar-refractivity contribution in [1.29, 1.82) is 0 Å². The summed E-state index contributed by atoms with van der Waals surface area (Å²) in [6, 6.07) is 22.1. The third-order valence-electron chi connectivity index (χ3n) is 5.18. The van der Waals surface area contributed by atoms with Crippen LogP contribution in [0.15, 0.2) is 72.8 Å². The van der Waals surface area contributed by atoms with Gasteiger partial charge in [0, 0.05) is 0 Å². The van der Waals surface area contributed by atoms with Crippen LogP contribution in [0.25, 0.3) is 11.0 Å². The number of methoxy groups -OCH3 is 1. The number of hydrogen-bond donors (Lipinski definition) is 1. The summed E-state index contributed by atoms with van der Waals surface area (Å²) in [6.45, 7) is 2.88. The van der Waals surface area contributed by atoms with E-state index in [1.807, 2.05) is 61.5 Å². The molecule has 4 rings (SSSR count). The lowest BCUT2D eigenvalue weighted by molar-refractivity contribution is 0.0934. The number of amides is 1. The molecule has 0 aliphatic rings. The number of fused-ring (bicyclic) bond motifs is 1. The van der Waals surface area contributed by atoms with Crippen molar-refractivity contribution < 1.29 is 14.3 Å². The summed E-state index contributed by atoms with van der Waals surface area (Å²) in [5.74, 6) is 1.69. The molecule has 1 amide bonds. The molecule has 1 unspecified atom stereocenters. The lowest BCUT2D eigenvalue weighted by Gasteiger charge is -2.17. The van der Waals surface area contributed by atoms with Crippen LogP contribution in [0.2, 0.25) is 5.02 Å². The molecule has 0 fully saturated rings. The third kappa shape index (κ3) is 4.55. The van der Waals surface area contributed by atoms with Crippen molar-refractivity contribution in [1.82, 2.24) is 14.9 Å². The van der Waals surface area contributed by atoms with Gasteiger partial charge in [-0.15, -0.1) is 0 Å². The van der Waals surface area contributed by atoms with Crippen molar-refractivity contribution in [2.24, 2.45) is 0 Å². The molecule has 4 aromatic rings. The zero-order valence-electron chi connectivity index (χ0n) is 17.9. The predicted octanol–water partition coefficient (Wildman–Crippen LogP) is 5.27. The maximum atomic E-state index is 12.9. The molecule has 1 N–H and O–H groups in total. The largest absolute Gasteiger partial charge is 0.496 e. The van der Waals surface area contributed by atoms with Crippen molar-refractivity contribution in [3.05, 3.63) is 89.2 Å². The fourth-order valence-electron chi connectivity index (χ4n) is 3.64. The van der Waals surface area contributed by atoms with E-state index < -0.39 is 0 Å². The first-order chi connectivity index (χ1) is 15.6. The summed E-state index contributed by atoms with van der Waals surface area (Å²) >= 11 is 6.20. The normalized spacial score (nSPS) is 11.8. The Balaban J connectivity index is 1.56. The Bertz CT molecular complexity index is 1240. The van der Waals surface area contributed by atoms with Gasteiger partial charge in [-0.3, -0.25) is 4.79 Å². The fraction of sp³-hybridized carbons (Fsp3) is 0.200. The van der Waals surface area contributed by atoms with Crippen molar-refractivity contribution in [2.75, 3.05) is 13.7 Å². The van der Waals surface area contributed by atoms with Crippen LogP contribution in [0, 0.1) is 0 Å². The van der Waals surface area contributed by atoms with Crippen LogP contribution < -0.4 is 14.8 Å². The lowest BCUT2D eigenvalue weighted by atomic mass is 10.1. The second-order valence-electron chi connectivity index (χ2n) is 7.28. The standard InChI is InChI=1S/C25H24ClN3O3/c1-17(27-25(30)18-9-3-7-13-22(18)31-2)24-28-20-11-5-6-12-21(20)29(24)15-16-32-23-14-8-4-10-19(23)26/h3-14,17H,15-16H2,1-2H3,(H,27,30). The number of carbonyl (C=O) groups excluding carboxylic acids is 1. The Labute approximate surface area is 191 Å². The third-order valence-corrected chi connectivity index (χ3v) is 5.49. The number of ether oxygens (including phenoxy) is 2. The average molecular weight is 450 g/mol. The van der Waals surface area contributed by atoms with E-state index in [1.165, 1.54) is 0 Å². The first-order valence-corrected chi connectivity index (χ1v) is 10.7. The second-order valence-corrected chi connectivity index (χ2v) is 7.69. The molecule has 3 aromatic carbocycles. The van der Waals surface area contributed by atoms with Gasteiger partial charge in [0.15, 0.2) is 0 Å². The summed E-state index contributed by atoms with van der Waals surface area (Å²) in [7, 11) is 1.55. The first-order valence-electron chi connectivity index (χ1n) is 10.3. The zero-order valence-corrected chi connectivity index (χ0v) is 18.7. The van der Waals surface area contributed by atoms with Crippen LogP contribution >= 0.6 is 11.6 Å². The van der Waals surface area contributed by atoms with Gasteiger partial charge >= 0.3 is 0 Å². The van der Waals surface area contributed by atoms with E-state index in [4.69, 9.17) is 26.1 Å². The summed E-state index contributed by atoms with van der Waals surface area (Å²) in [5, 5.41) is 3.61. The van der Waals surface area contributed by atoms with Gasteiger partial charge in [-0.1, -0.05) is 48.0 Å². The highest BCUT2D eigenvalue weighted by molar-refractivity contribution is 6.32. The Kier molecular flexibility index (Phi) is 6.61. The number of aromatic nitrogens is 2. The topological polar surface area (TPSA) is 65.4 Å². The monoisotopic (exact) mass is 449 g/mol. The molecule has 0 radical (unpaired) electrons. The molecule has 1 atom stereocenters. The van der Waals surface area contributed by atoms with E-state index in [9.17, 15) is 4.79 Å².